The Morgan fingerprint density at radius 1 is 1.12 bits per heavy atom. The smallest absolute Gasteiger partial charge is 0.224 e. The Morgan fingerprint density at radius 3 is 2.41 bits per heavy atom. The number of benzene rings is 1. The molecule has 6 heteroatoms. The molecule has 0 N–H and O–H groups in total. The van der Waals surface area contributed by atoms with Gasteiger partial charge in [-0.05, 0) is 35.9 Å². The lowest BCUT2D eigenvalue weighted by Gasteiger charge is -2.03. The Balaban J connectivity index is 2.19. The molecule has 0 aliphatic carbocycles. The predicted molar refractivity (Wildman–Crippen MR) is 69.2 cm³/mol. The highest BCUT2D eigenvalue weighted by Crippen LogP contribution is 2.29. The zero-order valence-electron chi connectivity index (χ0n) is 8.85. The Morgan fingerprint density at radius 2 is 1.82 bits per heavy atom. The molecule has 0 aliphatic heterocycles. The lowest BCUT2D eigenvalue weighted by Crippen LogP contribution is -1.86. The van der Waals surface area contributed by atoms with Gasteiger partial charge in [0.25, 0.3) is 0 Å². The van der Waals surface area contributed by atoms with Crippen LogP contribution in [0.5, 0.6) is 5.75 Å². The summed E-state index contributed by atoms with van der Waals surface area (Å²) in [5.74, 6) is 0.813. The summed E-state index contributed by atoms with van der Waals surface area (Å²) in [5.41, 5.74) is 0. The molecule has 0 spiro atoms. The fourth-order valence-electron chi connectivity index (χ4n) is 1.19. The molecule has 0 saturated carbocycles. The molecule has 2 rings (SSSR count). The monoisotopic (exact) mass is 286 g/mol. The van der Waals surface area contributed by atoms with Gasteiger partial charge in [0.2, 0.25) is 5.28 Å². The first-order chi connectivity index (χ1) is 8.17. The Kier molecular flexibility index (Phi) is 4.10. The maximum atomic E-state index is 5.80. The molecule has 0 amide bonds. The molecule has 0 aliphatic rings. The third-order valence-corrected chi connectivity index (χ3v) is 3.21. The summed E-state index contributed by atoms with van der Waals surface area (Å²) in [5, 5.41) is 1.19. The first kappa shape index (κ1) is 12.5. The van der Waals surface area contributed by atoms with Crippen LogP contribution < -0.4 is 4.74 Å². The van der Waals surface area contributed by atoms with Gasteiger partial charge in [-0.25, -0.2) is 9.97 Å². The first-order valence-corrected chi connectivity index (χ1v) is 6.26. The van der Waals surface area contributed by atoms with Crippen molar-refractivity contribution in [1.29, 1.82) is 0 Å². The molecule has 0 radical (unpaired) electrons. The van der Waals surface area contributed by atoms with Gasteiger partial charge >= 0.3 is 0 Å². The second-order valence-corrected chi connectivity index (χ2v) is 4.89. The fourth-order valence-corrected chi connectivity index (χ4v) is 2.53. The number of rotatable bonds is 3. The van der Waals surface area contributed by atoms with E-state index in [1.165, 1.54) is 11.8 Å². The van der Waals surface area contributed by atoms with Crippen LogP contribution in [0.15, 0.2) is 40.3 Å². The zero-order valence-corrected chi connectivity index (χ0v) is 11.2. The van der Waals surface area contributed by atoms with Crippen LogP contribution >= 0.6 is 35.0 Å². The van der Waals surface area contributed by atoms with Gasteiger partial charge in [0.1, 0.15) is 15.9 Å². The van der Waals surface area contributed by atoms with Crippen LogP contribution in [0.2, 0.25) is 10.4 Å². The number of halogens is 2. The van der Waals surface area contributed by atoms with E-state index in [2.05, 4.69) is 9.97 Å². The van der Waals surface area contributed by atoms with Crippen LogP contribution in [0.1, 0.15) is 0 Å². The van der Waals surface area contributed by atoms with Crippen LogP contribution in [-0.4, -0.2) is 17.1 Å². The largest absolute Gasteiger partial charge is 0.497 e. The van der Waals surface area contributed by atoms with Crippen molar-refractivity contribution in [3.05, 3.63) is 40.8 Å². The van der Waals surface area contributed by atoms with E-state index < -0.39 is 0 Å². The molecule has 2 aromatic rings. The minimum absolute atomic E-state index is 0.147. The molecule has 1 aromatic carbocycles. The summed E-state index contributed by atoms with van der Waals surface area (Å²) in [6, 6.07) is 9.31. The van der Waals surface area contributed by atoms with Crippen LogP contribution in [-0.2, 0) is 0 Å². The highest BCUT2D eigenvalue weighted by atomic mass is 35.5. The van der Waals surface area contributed by atoms with Gasteiger partial charge in [0.05, 0.1) is 7.11 Å². The summed E-state index contributed by atoms with van der Waals surface area (Å²) in [4.78, 5) is 8.89. The average Bonchev–Trinajstić information content (AvgIpc) is 2.28. The molecular weight excluding hydrogens is 279 g/mol. The predicted octanol–water partition coefficient (Wildman–Crippen LogP) is 3.94. The summed E-state index contributed by atoms with van der Waals surface area (Å²) in [6.45, 7) is 0. The number of hydrogen-bond acceptors (Lipinski definition) is 4. The third-order valence-electron chi connectivity index (χ3n) is 1.93. The van der Waals surface area contributed by atoms with Crippen molar-refractivity contribution in [3.63, 3.8) is 0 Å². The molecule has 1 aromatic heterocycles. The quantitative estimate of drug-likeness (QED) is 0.632. The summed E-state index contributed by atoms with van der Waals surface area (Å²) < 4.78 is 5.08. The Hall–Kier alpha value is -0.970. The van der Waals surface area contributed by atoms with Crippen molar-refractivity contribution >= 4 is 35.0 Å². The van der Waals surface area contributed by atoms with Crippen molar-refractivity contribution in [2.24, 2.45) is 0 Å². The molecule has 0 fully saturated rings. The summed E-state index contributed by atoms with van der Waals surface area (Å²) in [7, 11) is 1.63. The molecule has 0 saturated heterocycles. The highest BCUT2D eigenvalue weighted by molar-refractivity contribution is 7.99. The maximum absolute atomic E-state index is 5.80. The standard InChI is InChI=1S/C11H8Cl2N2OS/c1-16-7-2-4-8(5-3-7)17-10-6-9(12)14-11(13)15-10/h2-6H,1H3. The zero-order chi connectivity index (χ0) is 12.3. The van der Waals surface area contributed by atoms with E-state index >= 15 is 0 Å². The number of aromatic nitrogens is 2. The van der Waals surface area contributed by atoms with Gasteiger partial charge in [-0.1, -0.05) is 23.4 Å². The summed E-state index contributed by atoms with van der Waals surface area (Å²) in [6.07, 6.45) is 0. The van der Waals surface area contributed by atoms with E-state index in [1.807, 2.05) is 24.3 Å². The van der Waals surface area contributed by atoms with E-state index in [0.717, 1.165) is 10.6 Å². The Labute approximate surface area is 113 Å². The number of nitrogens with zero attached hydrogens (tertiary/aromatic N) is 2. The molecular formula is C11H8Cl2N2OS. The van der Waals surface area contributed by atoms with E-state index in [4.69, 9.17) is 27.9 Å². The lowest BCUT2D eigenvalue weighted by atomic mass is 10.3. The van der Waals surface area contributed by atoms with E-state index in [0.29, 0.717) is 10.2 Å². The summed E-state index contributed by atoms with van der Waals surface area (Å²) >= 11 is 13.0. The topological polar surface area (TPSA) is 35.0 Å². The maximum Gasteiger partial charge on any atom is 0.224 e. The molecule has 0 atom stereocenters. The molecule has 1 heterocycles. The number of ether oxygens (including phenoxy) is 1. The van der Waals surface area contributed by atoms with Crippen LogP contribution in [0.4, 0.5) is 0 Å². The second kappa shape index (κ2) is 5.58. The van der Waals surface area contributed by atoms with Crippen molar-refractivity contribution in [1.82, 2.24) is 9.97 Å². The number of hydrogen-bond donors (Lipinski definition) is 0. The van der Waals surface area contributed by atoms with Crippen molar-refractivity contribution in [3.8, 4) is 5.75 Å². The van der Waals surface area contributed by atoms with Gasteiger partial charge in [-0.3, -0.25) is 0 Å². The third kappa shape index (κ3) is 3.49. The number of methoxy groups -OCH3 is 1. The van der Waals surface area contributed by atoms with Gasteiger partial charge < -0.3 is 4.74 Å². The van der Waals surface area contributed by atoms with Gasteiger partial charge in [-0.2, -0.15) is 0 Å². The Bertz CT molecular complexity index is 499. The second-order valence-electron chi connectivity index (χ2n) is 3.08. The normalized spacial score (nSPS) is 10.3. The van der Waals surface area contributed by atoms with Gasteiger partial charge in [-0.15, -0.1) is 0 Å². The van der Waals surface area contributed by atoms with Crippen LogP contribution in [0, 0.1) is 0 Å². The SMILES string of the molecule is COc1ccc(Sc2cc(Cl)nc(Cl)n2)cc1. The first-order valence-electron chi connectivity index (χ1n) is 4.69. The molecule has 17 heavy (non-hydrogen) atoms. The van der Waals surface area contributed by atoms with Crippen molar-refractivity contribution in [2.75, 3.05) is 7.11 Å². The highest BCUT2D eigenvalue weighted by Gasteiger charge is 2.03. The van der Waals surface area contributed by atoms with E-state index in [9.17, 15) is 0 Å². The molecule has 88 valence electrons. The van der Waals surface area contributed by atoms with Crippen molar-refractivity contribution in [2.45, 2.75) is 9.92 Å². The van der Waals surface area contributed by atoms with Crippen LogP contribution in [0.25, 0.3) is 0 Å². The van der Waals surface area contributed by atoms with E-state index in [-0.39, 0.29) is 5.28 Å². The minimum Gasteiger partial charge on any atom is -0.497 e. The molecule has 0 bridgehead atoms. The lowest BCUT2D eigenvalue weighted by molar-refractivity contribution is 0.414. The van der Waals surface area contributed by atoms with Gasteiger partial charge in [0, 0.05) is 11.0 Å². The van der Waals surface area contributed by atoms with E-state index in [1.54, 1.807) is 13.2 Å². The molecule has 3 nitrogen and oxygen atoms in total. The average molecular weight is 287 g/mol. The minimum atomic E-state index is 0.147. The fraction of sp³-hybridized carbons (Fsp3) is 0.0909. The van der Waals surface area contributed by atoms with Crippen LogP contribution in [0.3, 0.4) is 0 Å². The van der Waals surface area contributed by atoms with Crippen molar-refractivity contribution < 1.29 is 4.74 Å². The molecule has 0 unspecified atom stereocenters. The van der Waals surface area contributed by atoms with Gasteiger partial charge in [0.15, 0.2) is 0 Å².